The maximum absolute atomic E-state index is 12.3. The van der Waals surface area contributed by atoms with Crippen LogP contribution >= 0.6 is 0 Å². The first-order valence-corrected chi connectivity index (χ1v) is 6.55. The van der Waals surface area contributed by atoms with Gasteiger partial charge in [0.05, 0.1) is 25.3 Å². The van der Waals surface area contributed by atoms with Crippen LogP contribution in [0.4, 0.5) is 5.69 Å². The SMILES string of the molecule is COc1ccc(N2C(=O)C[C@H]([NH2+]C3CC3)C2=O)cc1. The maximum atomic E-state index is 12.3. The van der Waals surface area contributed by atoms with Gasteiger partial charge in [-0.05, 0) is 24.3 Å². The van der Waals surface area contributed by atoms with Gasteiger partial charge in [0.2, 0.25) is 5.91 Å². The number of hydrogen-bond acceptors (Lipinski definition) is 3. The third kappa shape index (κ3) is 2.33. The van der Waals surface area contributed by atoms with E-state index in [1.165, 1.54) is 4.90 Å². The molecule has 2 amide bonds. The predicted octanol–water partition coefficient (Wildman–Crippen LogP) is 0.0529. The van der Waals surface area contributed by atoms with Gasteiger partial charge in [0.25, 0.3) is 5.91 Å². The number of ether oxygens (including phenoxy) is 1. The predicted molar refractivity (Wildman–Crippen MR) is 68.8 cm³/mol. The number of carbonyl (C=O) groups is 2. The maximum Gasteiger partial charge on any atom is 0.292 e. The van der Waals surface area contributed by atoms with Gasteiger partial charge in [-0.25, -0.2) is 4.90 Å². The van der Waals surface area contributed by atoms with Crippen molar-refractivity contribution in [3.05, 3.63) is 24.3 Å². The number of quaternary nitrogens is 1. The Morgan fingerprint density at radius 3 is 2.47 bits per heavy atom. The molecule has 0 aromatic heterocycles. The van der Waals surface area contributed by atoms with E-state index in [4.69, 9.17) is 4.74 Å². The summed E-state index contributed by atoms with van der Waals surface area (Å²) >= 11 is 0. The highest BCUT2D eigenvalue weighted by Gasteiger charge is 2.44. The van der Waals surface area contributed by atoms with Gasteiger partial charge in [0.1, 0.15) is 5.75 Å². The van der Waals surface area contributed by atoms with Crippen molar-refractivity contribution in [1.29, 1.82) is 0 Å². The van der Waals surface area contributed by atoms with Gasteiger partial charge >= 0.3 is 0 Å². The average Bonchev–Trinajstić information content (AvgIpc) is 3.18. The van der Waals surface area contributed by atoms with Gasteiger partial charge in [0.15, 0.2) is 6.04 Å². The Hall–Kier alpha value is -1.88. The van der Waals surface area contributed by atoms with E-state index >= 15 is 0 Å². The van der Waals surface area contributed by atoms with Gasteiger partial charge in [-0.3, -0.25) is 9.59 Å². The first-order chi connectivity index (χ1) is 9.19. The molecule has 1 saturated heterocycles. The molecule has 0 bridgehead atoms. The van der Waals surface area contributed by atoms with E-state index < -0.39 is 0 Å². The number of nitrogens with zero attached hydrogens (tertiary/aromatic N) is 1. The van der Waals surface area contributed by atoms with Crippen LogP contribution in [0.15, 0.2) is 24.3 Å². The van der Waals surface area contributed by atoms with E-state index in [2.05, 4.69) is 0 Å². The third-order valence-electron chi connectivity index (χ3n) is 3.64. The molecule has 0 unspecified atom stereocenters. The molecule has 2 aliphatic rings. The lowest BCUT2D eigenvalue weighted by molar-refractivity contribution is -0.687. The molecule has 5 nitrogen and oxygen atoms in total. The summed E-state index contributed by atoms with van der Waals surface area (Å²) in [5, 5.41) is 2.05. The number of methoxy groups -OCH3 is 1. The number of hydrogen-bond donors (Lipinski definition) is 1. The summed E-state index contributed by atoms with van der Waals surface area (Å²) in [6.07, 6.45) is 2.61. The summed E-state index contributed by atoms with van der Waals surface area (Å²) in [7, 11) is 1.59. The number of amides is 2. The van der Waals surface area contributed by atoms with E-state index in [-0.39, 0.29) is 17.9 Å². The summed E-state index contributed by atoms with van der Waals surface area (Å²) in [5.41, 5.74) is 0.627. The second-order valence-corrected chi connectivity index (χ2v) is 5.11. The van der Waals surface area contributed by atoms with Crippen LogP contribution in [0, 0.1) is 0 Å². The monoisotopic (exact) mass is 261 g/mol. The number of rotatable bonds is 4. The zero-order valence-corrected chi connectivity index (χ0v) is 10.8. The second-order valence-electron chi connectivity index (χ2n) is 5.11. The normalized spacial score (nSPS) is 23.0. The molecule has 1 aliphatic carbocycles. The number of benzene rings is 1. The van der Waals surface area contributed by atoms with Crippen molar-refractivity contribution >= 4 is 17.5 Å². The topological polar surface area (TPSA) is 63.2 Å². The van der Waals surface area contributed by atoms with E-state index in [0.29, 0.717) is 23.9 Å². The van der Waals surface area contributed by atoms with Gasteiger partial charge in [-0.15, -0.1) is 0 Å². The van der Waals surface area contributed by atoms with Crippen molar-refractivity contribution in [2.45, 2.75) is 31.3 Å². The van der Waals surface area contributed by atoms with Crippen molar-refractivity contribution < 1.29 is 19.6 Å². The highest BCUT2D eigenvalue weighted by Crippen LogP contribution is 2.25. The molecular weight excluding hydrogens is 244 g/mol. The van der Waals surface area contributed by atoms with Crippen molar-refractivity contribution in [2.24, 2.45) is 0 Å². The zero-order chi connectivity index (χ0) is 13.4. The molecule has 5 heteroatoms. The Kier molecular flexibility index (Phi) is 2.98. The molecule has 1 heterocycles. The molecule has 1 saturated carbocycles. The van der Waals surface area contributed by atoms with E-state index in [1.54, 1.807) is 31.4 Å². The fourth-order valence-electron chi connectivity index (χ4n) is 2.43. The molecule has 0 spiro atoms. The van der Waals surface area contributed by atoms with Crippen LogP contribution in [0.25, 0.3) is 0 Å². The average molecular weight is 261 g/mol. The van der Waals surface area contributed by atoms with Crippen LogP contribution in [0.5, 0.6) is 5.75 Å². The standard InChI is InChI=1S/C14H16N2O3/c1-19-11-6-4-10(5-7-11)16-13(17)8-12(14(16)18)15-9-2-3-9/h4-7,9,12,15H,2-3,8H2,1H3/p+1/t12-/m0/s1. The van der Waals surface area contributed by atoms with Gasteiger partial charge in [0, 0.05) is 12.8 Å². The van der Waals surface area contributed by atoms with Crippen molar-refractivity contribution in [2.75, 3.05) is 12.0 Å². The third-order valence-corrected chi connectivity index (χ3v) is 3.64. The lowest BCUT2D eigenvalue weighted by atomic mass is 10.2. The van der Waals surface area contributed by atoms with Gasteiger partial charge in [-0.1, -0.05) is 0 Å². The summed E-state index contributed by atoms with van der Waals surface area (Å²) in [5.74, 6) is 0.503. The minimum absolute atomic E-state index is 0.0953. The van der Waals surface area contributed by atoms with Crippen LogP contribution in [0.3, 0.4) is 0 Å². The van der Waals surface area contributed by atoms with Crippen molar-refractivity contribution in [1.82, 2.24) is 0 Å². The number of carbonyl (C=O) groups excluding carboxylic acids is 2. The Morgan fingerprint density at radius 2 is 1.89 bits per heavy atom. The summed E-state index contributed by atoms with van der Waals surface area (Å²) in [4.78, 5) is 25.6. The fraction of sp³-hybridized carbons (Fsp3) is 0.429. The van der Waals surface area contributed by atoms with Crippen LogP contribution in [-0.4, -0.2) is 31.0 Å². The summed E-state index contributed by atoms with van der Waals surface area (Å²) in [6, 6.07) is 7.31. The largest absolute Gasteiger partial charge is 0.497 e. The van der Waals surface area contributed by atoms with Gasteiger partial charge in [-0.2, -0.15) is 0 Å². The Morgan fingerprint density at radius 1 is 1.21 bits per heavy atom. The first-order valence-electron chi connectivity index (χ1n) is 6.55. The van der Waals surface area contributed by atoms with Crippen LogP contribution < -0.4 is 15.0 Å². The number of imide groups is 1. The Bertz CT molecular complexity index is 508. The zero-order valence-electron chi connectivity index (χ0n) is 10.8. The molecule has 100 valence electrons. The van der Waals surface area contributed by atoms with Crippen molar-refractivity contribution in [3.8, 4) is 5.75 Å². The molecule has 1 aromatic carbocycles. The first kappa shape index (κ1) is 12.2. The molecule has 3 rings (SSSR count). The highest BCUT2D eigenvalue weighted by molar-refractivity contribution is 6.21. The Labute approximate surface area is 111 Å². The Balaban J connectivity index is 1.78. The molecule has 0 radical (unpaired) electrons. The van der Waals surface area contributed by atoms with E-state index in [9.17, 15) is 9.59 Å². The molecule has 1 aliphatic heterocycles. The summed E-state index contributed by atoms with van der Waals surface area (Å²) in [6.45, 7) is 0. The second kappa shape index (κ2) is 4.66. The van der Waals surface area contributed by atoms with Gasteiger partial charge < -0.3 is 10.1 Å². The molecular formula is C14H17N2O3+. The molecule has 19 heavy (non-hydrogen) atoms. The minimum Gasteiger partial charge on any atom is -0.497 e. The lowest BCUT2D eigenvalue weighted by Crippen LogP contribution is -2.93. The molecule has 1 aromatic rings. The van der Waals surface area contributed by atoms with Crippen LogP contribution in [0.2, 0.25) is 0 Å². The lowest BCUT2D eigenvalue weighted by Gasteiger charge is -2.14. The fourth-order valence-corrected chi connectivity index (χ4v) is 2.43. The summed E-state index contributed by atoms with van der Waals surface area (Å²) < 4.78 is 5.07. The van der Waals surface area contributed by atoms with E-state index in [1.807, 2.05) is 5.32 Å². The highest BCUT2D eigenvalue weighted by atomic mass is 16.5. The number of nitrogens with two attached hydrogens (primary N) is 1. The van der Waals surface area contributed by atoms with Crippen molar-refractivity contribution in [3.63, 3.8) is 0 Å². The smallest absolute Gasteiger partial charge is 0.292 e. The van der Waals surface area contributed by atoms with E-state index in [0.717, 1.165) is 12.8 Å². The number of anilines is 1. The van der Waals surface area contributed by atoms with Crippen LogP contribution in [-0.2, 0) is 9.59 Å². The molecule has 2 N–H and O–H groups in total. The molecule has 2 fully saturated rings. The minimum atomic E-state index is -0.234. The van der Waals surface area contributed by atoms with Crippen LogP contribution in [0.1, 0.15) is 19.3 Å². The quantitative estimate of drug-likeness (QED) is 0.779. The molecule has 1 atom stereocenters.